The molecule has 154 valence electrons. The number of ether oxygens (including phenoxy) is 1. The number of hydrogen-bond donors (Lipinski definition) is 2. The van der Waals surface area contributed by atoms with Gasteiger partial charge in [0.05, 0.1) is 6.61 Å². The summed E-state index contributed by atoms with van der Waals surface area (Å²) >= 11 is 0. The van der Waals surface area contributed by atoms with E-state index in [1.54, 1.807) is 17.0 Å². The standard InChI is InChI=1S/C22H26FN3O3/c1-29-14-19(24)22(28)26-13-17-5-3-2-4-16(17)12-20(26)21(27)25-11-10-15-6-8-18(23)9-7-15/h2-9,19-20H,10-14,24H2,1H3,(H,25,27). The average molecular weight is 399 g/mol. The summed E-state index contributed by atoms with van der Waals surface area (Å²) in [5.74, 6) is -0.820. The quantitative estimate of drug-likeness (QED) is 0.737. The van der Waals surface area contributed by atoms with Gasteiger partial charge in [0.15, 0.2) is 0 Å². The molecule has 0 aromatic heterocycles. The number of amides is 2. The summed E-state index contributed by atoms with van der Waals surface area (Å²) in [7, 11) is 1.48. The van der Waals surface area contributed by atoms with E-state index in [2.05, 4.69) is 5.32 Å². The van der Waals surface area contributed by atoms with Gasteiger partial charge in [-0.3, -0.25) is 9.59 Å². The van der Waals surface area contributed by atoms with E-state index in [4.69, 9.17) is 10.5 Å². The van der Waals surface area contributed by atoms with Gasteiger partial charge in [0.25, 0.3) is 0 Å². The van der Waals surface area contributed by atoms with Crippen molar-refractivity contribution >= 4 is 11.8 Å². The van der Waals surface area contributed by atoms with Crippen LogP contribution in [0.2, 0.25) is 0 Å². The Kier molecular flexibility index (Phi) is 6.95. The molecule has 1 aliphatic heterocycles. The number of nitrogens with one attached hydrogen (secondary N) is 1. The number of nitrogens with two attached hydrogens (primary N) is 1. The molecule has 0 aliphatic carbocycles. The topological polar surface area (TPSA) is 84.7 Å². The lowest BCUT2D eigenvalue weighted by atomic mass is 9.93. The van der Waals surface area contributed by atoms with E-state index in [1.807, 2.05) is 24.3 Å². The van der Waals surface area contributed by atoms with Crippen LogP contribution in [0, 0.1) is 5.82 Å². The third-order valence-electron chi connectivity index (χ3n) is 5.12. The molecule has 0 fully saturated rings. The van der Waals surface area contributed by atoms with Crippen molar-refractivity contribution in [3.8, 4) is 0 Å². The zero-order valence-corrected chi connectivity index (χ0v) is 16.4. The molecule has 0 bridgehead atoms. The first-order valence-electron chi connectivity index (χ1n) is 9.63. The van der Waals surface area contributed by atoms with Crippen LogP contribution in [0.4, 0.5) is 4.39 Å². The van der Waals surface area contributed by atoms with Crippen molar-refractivity contribution in [2.45, 2.75) is 31.5 Å². The first-order chi connectivity index (χ1) is 14.0. The number of rotatable bonds is 7. The summed E-state index contributed by atoms with van der Waals surface area (Å²) in [6, 6.07) is 12.5. The van der Waals surface area contributed by atoms with Gasteiger partial charge in [0.1, 0.15) is 17.9 Å². The lowest BCUT2D eigenvalue weighted by Crippen LogP contribution is -2.57. The molecule has 2 aromatic carbocycles. The van der Waals surface area contributed by atoms with Crippen LogP contribution < -0.4 is 11.1 Å². The number of carbonyl (C=O) groups excluding carboxylic acids is 2. The average Bonchev–Trinajstić information content (AvgIpc) is 2.73. The minimum absolute atomic E-state index is 0.0931. The van der Waals surface area contributed by atoms with Gasteiger partial charge >= 0.3 is 0 Å². The third-order valence-corrected chi connectivity index (χ3v) is 5.12. The number of carbonyl (C=O) groups is 2. The minimum Gasteiger partial charge on any atom is -0.383 e. The molecule has 7 heteroatoms. The molecule has 2 unspecified atom stereocenters. The van der Waals surface area contributed by atoms with Gasteiger partial charge in [-0.15, -0.1) is 0 Å². The summed E-state index contributed by atoms with van der Waals surface area (Å²) in [6.45, 7) is 0.827. The molecule has 6 nitrogen and oxygen atoms in total. The fourth-order valence-electron chi connectivity index (χ4n) is 3.55. The van der Waals surface area contributed by atoms with Crippen molar-refractivity contribution in [2.75, 3.05) is 20.3 Å². The summed E-state index contributed by atoms with van der Waals surface area (Å²) in [6.07, 6.45) is 1.01. The summed E-state index contributed by atoms with van der Waals surface area (Å²) in [5, 5.41) is 2.90. The van der Waals surface area contributed by atoms with E-state index >= 15 is 0 Å². The zero-order chi connectivity index (χ0) is 20.8. The van der Waals surface area contributed by atoms with Crippen LogP contribution in [0.25, 0.3) is 0 Å². The molecule has 29 heavy (non-hydrogen) atoms. The molecule has 0 spiro atoms. The highest BCUT2D eigenvalue weighted by atomic mass is 19.1. The number of methoxy groups -OCH3 is 1. The van der Waals surface area contributed by atoms with Crippen LogP contribution >= 0.6 is 0 Å². The summed E-state index contributed by atoms with van der Waals surface area (Å²) < 4.78 is 18.0. The Hall–Kier alpha value is -2.77. The Labute approximate surface area is 169 Å². The predicted octanol–water partition coefficient (Wildman–Crippen LogP) is 1.41. The van der Waals surface area contributed by atoms with Crippen LogP contribution in [-0.4, -0.2) is 49.1 Å². The fraction of sp³-hybridized carbons (Fsp3) is 0.364. The van der Waals surface area contributed by atoms with E-state index in [1.165, 1.54) is 19.2 Å². The number of benzene rings is 2. The molecule has 2 amide bonds. The van der Waals surface area contributed by atoms with Crippen molar-refractivity contribution in [2.24, 2.45) is 5.73 Å². The minimum atomic E-state index is -0.820. The van der Waals surface area contributed by atoms with E-state index in [9.17, 15) is 14.0 Å². The molecule has 3 N–H and O–H groups in total. The largest absolute Gasteiger partial charge is 0.383 e. The highest BCUT2D eigenvalue weighted by Gasteiger charge is 2.36. The van der Waals surface area contributed by atoms with Crippen molar-refractivity contribution in [3.05, 3.63) is 71.0 Å². The monoisotopic (exact) mass is 399 g/mol. The Morgan fingerprint density at radius 2 is 1.90 bits per heavy atom. The van der Waals surface area contributed by atoms with Crippen molar-refractivity contribution in [1.82, 2.24) is 10.2 Å². The maximum atomic E-state index is 13.0. The van der Waals surface area contributed by atoms with Gasteiger partial charge in [0, 0.05) is 26.6 Å². The molecule has 0 saturated carbocycles. The molecule has 1 heterocycles. The predicted molar refractivity (Wildman–Crippen MR) is 107 cm³/mol. The third kappa shape index (κ3) is 5.19. The summed E-state index contributed by atoms with van der Waals surface area (Å²) in [4.78, 5) is 27.3. The Morgan fingerprint density at radius 3 is 2.59 bits per heavy atom. The van der Waals surface area contributed by atoms with Crippen molar-refractivity contribution in [3.63, 3.8) is 0 Å². The van der Waals surface area contributed by atoms with Gasteiger partial charge in [-0.2, -0.15) is 0 Å². The molecule has 0 saturated heterocycles. The molecule has 2 atom stereocenters. The zero-order valence-electron chi connectivity index (χ0n) is 16.4. The second-order valence-electron chi connectivity index (χ2n) is 7.18. The lowest BCUT2D eigenvalue weighted by Gasteiger charge is -2.37. The maximum absolute atomic E-state index is 13.0. The highest BCUT2D eigenvalue weighted by Crippen LogP contribution is 2.24. The smallest absolute Gasteiger partial charge is 0.243 e. The summed E-state index contributed by atoms with van der Waals surface area (Å²) in [5.41, 5.74) is 8.94. The first kappa shape index (κ1) is 21.0. The maximum Gasteiger partial charge on any atom is 0.243 e. The van der Waals surface area contributed by atoms with Gasteiger partial charge < -0.3 is 20.7 Å². The Balaban J connectivity index is 1.69. The van der Waals surface area contributed by atoms with Gasteiger partial charge in [-0.05, 0) is 35.2 Å². The number of nitrogens with zero attached hydrogens (tertiary/aromatic N) is 1. The van der Waals surface area contributed by atoms with Crippen LogP contribution in [0.5, 0.6) is 0 Å². The highest BCUT2D eigenvalue weighted by molar-refractivity contribution is 5.90. The second kappa shape index (κ2) is 9.62. The second-order valence-corrected chi connectivity index (χ2v) is 7.18. The molecule has 3 rings (SSSR count). The first-order valence-corrected chi connectivity index (χ1v) is 9.63. The number of hydrogen-bond acceptors (Lipinski definition) is 4. The molecular weight excluding hydrogens is 373 g/mol. The van der Waals surface area contributed by atoms with Gasteiger partial charge in [0.2, 0.25) is 11.8 Å². The Bertz CT molecular complexity index is 857. The van der Waals surface area contributed by atoms with Crippen LogP contribution in [0.3, 0.4) is 0 Å². The van der Waals surface area contributed by atoms with Gasteiger partial charge in [-0.25, -0.2) is 4.39 Å². The number of fused-ring (bicyclic) bond motifs is 1. The van der Waals surface area contributed by atoms with E-state index in [-0.39, 0.29) is 24.2 Å². The fourth-order valence-corrected chi connectivity index (χ4v) is 3.55. The molecule has 2 aromatic rings. The molecule has 1 aliphatic rings. The van der Waals surface area contributed by atoms with E-state index in [0.29, 0.717) is 25.9 Å². The van der Waals surface area contributed by atoms with Crippen molar-refractivity contribution in [1.29, 1.82) is 0 Å². The van der Waals surface area contributed by atoms with Crippen LogP contribution in [0.1, 0.15) is 16.7 Å². The van der Waals surface area contributed by atoms with Crippen LogP contribution in [-0.2, 0) is 33.7 Å². The normalized spacial score (nSPS) is 16.8. The SMILES string of the molecule is COCC(N)C(=O)N1Cc2ccccc2CC1C(=O)NCCc1ccc(F)cc1. The van der Waals surface area contributed by atoms with Crippen LogP contribution in [0.15, 0.2) is 48.5 Å². The number of halogens is 1. The van der Waals surface area contributed by atoms with E-state index < -0.39 is 12.1 Å². The van der Waals surface area contributed by atoms with E-state index in [0.717, 1.165) is 16.7 Å². The Morgan fingerprint density at radius 1 is 1.21 bits per heavy atom. The molecule has 0 radical (unpaired) electrons. The van der Waals surface area contributed by atoms with Gasteiger partial charge in [-0.1, -0.05) is 36.4 Å². The van der Waals surface area contributed by atoms with Crippen molar-refractivity contribution < 1.29 is 18.7 Å². The lowest BCUT2D eigenvalue weighted by molar-refractivity contribution is -0.143. The molecular formula is C22H26FN3O3.